The van der Waals surface area contributed by atoms with Crippen LogP contribution in [-0.4, -0.2) is 37.6 Å². The normalized spacial score (nSPS) is 13.8. The van der Waals surface area contributed by atoms with Gasteiger partial charge in [-0.1, -0.05) is 0 Å². The molecule has 2 aromatic heterocycles. The lowest BCUT2D eigenvalue weighted by Crippen LogP contribution is -2.22. The maximum absolute atomic E-state index is 12.8. The van der Waals surface area contributed by atoms with Crippen molar-refractivity contribution in [2.45, 2.75) is 33.0 Å². The van der Waals surface area contributed by atoms with E-state index >= 15 is 0 Å². The SMILES string of the molecule is Cc1c(NC(C)CO)nn2c(C(F)(F)F)nnc2c1C. The summed E-state index contributed by atoms with van der Waals surface area (Å²) in [5.74, 6) is -0.905. The van der Waals surface area contributed by atoms with Gasteiger partial charge in [-0.25, -0.2) is 0 Å². The molecule has 0 bridgehead atoms. The van der Waals surface area contributed by atoms with Crippen molar-refractivity contribution in [2.24, 2.45) is 0 Å². The molecule has 0 aliphatic rings. The van der Waals surface area contributed by atoms with Gasteiger partial charge >= 0.3 is 6.18 Å². The van der Waals surface area contributed by atoms with Gasteiger partial charge in [0, 0.05) is 11.6 Å². The van der Waals surface area contributed by atoms with Crippen LogP contribution in [-0.2, 0) is 6.18 Å². The molecule has 1 atom stereocenters. The molecule has 0 spiro atoms. The van der Waals surface area contributed by atoms with Gasteiger partial charge in [0.1, 0.15) is 0 Å². The Balaban J connectivity index is 2.63. The summed E-state index contributed by atoms with van der Waals surface area (Å²) in [6, 6.07) is -0.330. The third-order valence-electron chi connectivity index (χ3n) is 3.00. The number of anilines is 1. The zero-order valence-electron chi connectivity index (χ0n) is 11.2. The number of nitrogens with one attached hydrogen (secondary N) is 1. The second-order valence-electron chi connectivity index (χ2n) is 4.58. The summed E-state index contributed by atoms with van der Waals surface area (Å²) in [4.78, 5) is 0. The van der Waals surface area contributed by atoms with Gasteiger partial charge in [0.05, 0.1) is 6.61 Å². The second kappa shape index (κ2) is 4.89. The Morgan fingerprint density at radius 1 is 1.25 bits per heavy atom. The molecule has 0 saturated heterocycles. The standard InChI is InChI=1S/C11H14F3N5O/c1-5(4-20)15-8-6(2)7(3)9-16-17-10(11(12,13)14)19(9)18-8/h5,20H,4H2,1-3H3,(H,15,18). The third kappa shape index (κ3) is 2.40. The first-order chi connectivity index (χ1) is 9.25. The van der Waals surface area contributed by atoms with Crippen LogP contribution in [0, 0.1) is 13.8 Å². The van der Waals surface area contributed by atoms with Gasteiger partial charge < -0.3 is 10.4 Å². The van der Waals surface area contributed by atoms with E-state index in [1.807, 2.05) is 0 Å². The first-order valence-electron chi connectivity index (χ1n) is 5.93. The molecule has 2 heterocycles. The highest BCUT2D eigenvalue weighted by atomic mass is 19.4. The van der Waals surface area contributed by atoms with Crippen LogP contribution >= 0.6 is 0 Å². The summed E-state index contributed by atoms with van der Waals surface area (Å²) in [7, 11) is 0. The van der Waals surface area contributed by atoms with Crippen LogP contribution < -0.4 is 5.32 Å². The smallest absolute Gasteiger partial charge is 0.394 e. The van der Waals surface area contributed by atoms with Crippen LogP contribution in [0.5, 0.6) is 0 Å². The number of aryl methyl sites for hydroxylation is 1. The van der Waals surface area contributed by atoms with Crippen LogP contribution in [0.15, 0.2) is 0 Å². The van der Waals surface area contributed by atoms with E-state index in [2.05, 4.69) is 20.6 Å². The number of halogens is 3. The van der Waals surface area contributed by atoms with E-state index in [1.54, 1.807) is 20.8 Å². The Hall–Kier alpha value is -1.90. The minimum Gasteiger partial charge on any atom is -0.394 e. The number of rotatable bonds is 3. The highest BCUT2D eigenvalue weighted by Gasteiger charge is 2.38. The Morgan fingerprint density at radius 3 is 2.45 bits per heavy atom. The number of aromatic nitrogens is 4. The zero-order chi connectivity index (χ0) is 15.1. The molecule has 6 nitrogen and oxygen atoms in total. The maximum Gasteiger partial charge on any atom is 0.453 e. The van der Waals surface area contributed by atoms with E-state index in [4.69, 9.17) is 5.11 Å². The Labute approximate surface area is 112 Å². The fourth-order valence-corrected chi connectivity index (χ4v) is 1.72. The van der Waals surface area contributed by atoms with E-state index in [-0.39, 0.29) is 24.1 Å². The van der Waals surface area contributed by atoms with Crippen molar-refractivity contribution in [3.8, 4) is 0 Å². The van der Waals surface area contributed by atoms with E-state index in [9.17, 15) is 13.2 Å². The van der Waals surface area contributed by atoms with Crippen molar-refractivity contribution in [1.82, 2.24) is 19.8 Å². The average molecular weight is 289 g/mol. The number of nitrogens with zero attached hydrogens (tertiary/aromatic N) is 4. The Kier molecular flexibility index (Phi) is 3.55. The van der Waals surface area contributed by atoms with Gasteiger partial charge in [0.15, 0.2) is 11.5 Å². The first-order valence-corrected chi connectivity index (χ1v) is 5.93. The molecule has 0 amide bonds. The van der Waals surface area contributed by atoms with Crippen molar-refractivity contribution in [2.75, 3.05) is 11.9 Å². The van der Waals surface area contributed by atoms with E-state index in [1.165, 1.54) is 0 Å². The summed E-state index contributed by atoms with van der Waals surface area (Å²) in [5, 5.41) is 22.5. The van der Waals surface area contributed by atoms with Crippen molar-refractivity contribution in [3.05, 3.63) is 17.0 Å². The molecule has 9 heteroatoms. The summed E-state index contributed by atoms with van der Waals surface area (Å²) in [5.41, 5.74) is 1.28. The first kappa shape index (κ1) is 14.5. The second-order valence-corrected chi connectivity index (χ2v) is 4.58. The van der Waals surface area contributed by atoms with Crippen LogP contribution in [0.2, 0.25) is 0 Å². The van der Waals surface area contributed by atoms with Gasteiger partial charge in [-0.2, -0.15) is 17.7 Å². The minimum absolute atomic E-state index is 0.0667. The zero-order valence-corrected chi connectivity index (χ0v) is 11.2. The highest BCUT2D eigenvalue weighted by Crippen LogP contribution is 2.29. The minimum atomic E-state index is -4.63. The predicted molar refractivity (Wildman–Crippen MR) is 65.4 cm³/mol. The largest absolute Gasteiger partial charge is 0.453 e. The molecule has 2 N–H and O–H groups in total. The van der Waals surface area contributed by atoms with Crippen LogP contribution in [0.3, 0.4) is 0 Å². The quantitative estimate of drug-likeness (QED) is 0.896. The Morgan fingerprint density at radius 2 is 1.90 bits per heavy atom. The molecule has 0 aliphatic heterocycles. The van der Waals surface area contributed by atoms with Crippen LogP contribution in [0.1, 0.15) is 23.9 Å². The predicted octanol–water partition coefficient (Wildman–Crippen LogP) is 1.55. The summed E-state index contributed by atoms with van der Waals surface area (Å²) in [6.07, 6.45) is -4.63. The van der Waals surface area contributed by atoms with E-state index in [0.717, 1.165) is 0 Å². The lowest BCUT2D eigenvalue weighted by molar-refractivity contribution is -0.146. The molecule has 2 aromatic rings. The molecular weight excluding hydrogens is 275 g/mol. The molecule has 110 valence electrons. The molecule has 0 aliphatic carbocycles. The molecule has 0 aromatic carbocycles. The molecule has 0 fully saturated rings. The number of alkyl halides is 3. The lowest BCUT2D eigenvalue weighted by atomic mass is 10.2. The fourth-order valence-electron chi connectivity index (χ4n) is 1.72. The molecule has 2 rings (SSSR count). The number of aliphatic hydroxyl groups excluding tert-OH is 1. The number of hydrogen-bond acceptors (Lipinski definition) is 5. The number of hydrogen-bond donors (Lipinski definition) is 2. The summed E-state index contributed by atoms with van der Waals surface area (Å²) >= 11 is 0. The number of aliphatic hydroxyl groups is 1. The van der Waals surface area contributed by atoms with Crippen molar-refractivity contribution >= 4 is 11.5 Å². The monoisotopic (exact) mass is 289 g/mol. The number of fused-ring (bicyclic) bond motifs is 1. The van der Waals surface area contributed by atoms with E-state index < -0.39 is 12.0 Å². The van der Waals surface area contributed by atoms with Crippen LogP contribution in [0.25, 0.3) is 5.65 Å². The van der Waals surface area contributed by atoms with Gasteiger partial charge in [-0.3, -0.25) is 0 Å². The Bertz CT molecular complexity index is 637. The summed E-state index contributed by atoms with van der Waals surface area (Å²) < 4.78 is 39.1. The topological polar surface area (TPSA) is 75.3 Å². The van der Waals surface area contributed by atoms with Gasteiger partial charge in [-0.15, -0.1) is 15.3 Å². The van der Waals surface area contributed by atoms with E-state index in [0.29, 0.717) is 15.6 Å². The molecule has 0 radical (unpaired) electrons. The van der Waals surface area contributed by atoms with Crippen molar-refractivity contribution in [1.29, 1.82) is 0 Å². The van der Waals surface area contributed by atoms with Crippen molar-refractivity contribution in [3.63, 3.8) is 0 Å². The molecule has 0 saturated carbocycles. The molecular formula is C11H14F3N5O. The lowest BCUT2D eigenvalue weighted by Gasteiger charge is -2.15. The fraction of sp³-hybridized carbons (Fsp3) is 0.545. The van der Waals surface area contributed by atoms with Crippen molar-refractivity contribution < 1.29 is 18.3 Å². The maximum atomic E-state index is 12.8. The van der Waals surface area contributed by atoms with Crippen LogP contribution in [0.4, 0.5) is 19.0 Å². The molecule has 20 heavy (non-hydrogen) atoms. The average Bonchev–Trinajstić information content (AvgIpc) is 2.79. The van der Waals surface area contributed by atoms with Gasteiger partial charge in [-0.05, 0) is 26.3 Å². The summed E-state index contributed by atoms with van der Waals surface area (Å²) in [6.45, 7) is 4.90. The highest BCUT2D eigenvalue weighted by molar-refractivity contribution is 5.58. The van der Waals surface area contributed by atoms with Gasteiger partial charge in [0.2, 0.25) is 0 Å². The third-order valence-corrected chi connectivity index (χ3v) is 3.00. The van der Waals surface area contributed by atoms with Gasteiger partial charge in [0.25, 0.3) is 5.82 Å². The molecule has 1 unspecified atom stereocenters.